The van der Waals surface area contributed by atoms with Gasteiger partial charge in [-0.2, -0.15) is 0 Å². The highest BCUT2D eigenvalue weighted by Gasteiger charge is 2.19. The molecule has 1 aromatic heterocycles. The molecule has 1 fully saturated rings. The Kier molecular flexibility index (Phi) is 4.79. The topological polar surface area (TPSA) is 16.1 Å². The Morgan fingerprint density at radius 1 is 1.38 bits per heavy atom. The molecule has 1 unspecified atom stereocenters. The second-order valence-electron chi connectivity index (χ2n) is 4.49. The first kappa shape index (κ1) is 12.1. The van der Waals surface area contributed by atoms with Gasteiger partial charge in [-0.1, -0.05) is 34.8 Å². The normalized spacial score (nSPS) is 22.9. The van der Waals surface area contributed by atoms with E-state index in [0.29, 0.717) is 6.04 Å². The fraction of sp³-hybridized carbons (Fsp3) is 0.615. The molecule has 0 N–H and O–H groups in total. The van der Waals surface area contributed by atoms with Crippen LogP contribution in [0.25, 0.3) is 0 Å². The lowest BCUT2D eigenvalue weighted by atomic mass is 10.1. The van der Waals surface area contributed by atoms with Crippen LogP contribution in [0.2, 0.25) is 0 Å². The predicted molar refractivity (Wildman–Crippen MR) is 70.7 cm³/mol. The van der Waals surface area contributed by atoms with E-state index < -0.39 is 0 Å². The smallest absolute Gasteiger partial charge is 0.0312 e. The van der Waals surface area contributed by atoms with Crippen molar-refractivity contribution in [3.63, 3.8) is 0 Å². The number of aromatic nitrogens is 1. The molecule has 88 valence electrons. The maximum absolute atomic E-state index is 4.19. The Bertz CT molecular complexity index is 302. The highest BCUT2D eigenvalue weighted by molar-refractivity contribution is 9.09. The van der Waals surface area contributed by atoms with Gasteiger partial charge in [0.05, 0.1) is 0 Å². The van der Waals surface area contributed by atoms with Crippen molar-refractivity contribution in [2.24, 2.45) is 0 Å². The van der Waals surface area contributed by atoms with Crippen LogP contribution in [-0.4, -0.2) is 27.8 Å². The lowest BCUT2D eigenvalue weighted by Gasteiger charge is -2.28. The molecular weight excluding hydrogens is 264 g/mol. The Balaban J connectivity index is 2.00. The summed E-state index contributed by atoms with van der Waals surface area (Å²) in [6.07, 6.45) is 9.24. The first-order valence-electron chi connectivity index (χ1n) is 6.09. The van der Waals surface area contributed by atoms with Gasteiger partial charge in [-0.05, 0) is 31.0 Å². The van der Waals surface area contributed by atoms with Gasteiger partial charge in [0.2, 0.25) is 0 Å². The number of rotatable bonds is 3. The molecule has 0 saturated carbocycles. The maximum Gasteiger partial charge on any atom is 0.0312 e. The number of likely N-dealkylation sites (tertiary alicyclic amines) is 1. The standard InChI is InChI=1S/C13H19BrN2/c14-9-13-6-2-1-3-8-16(13)11-12-5-4-7-15-10-12/h4-5,7,10,13H,1-3,6,8-9,11H2. The zero-order valence-electron chi connectivity index (χ0n) is 9.61. The van der Waals surface area contributed by atoms with E-state index in [0.717, 1.165) is 11.9 Å². The molecule has 0 bridgehead atoms. The third-order valence-corrected chi connectivity index (χ3v) is 4.03. The van der Waals surface area contributed by atoms with E-state index >= 15 is 0 Å². The number of hydrogen-bond donors (Lipinski definition) is 0. The number of hydrogen-bond acceptors (Lipinski definition) is 2. The molecular formula is C13H19BrN2. The average Bonchev–Trinajstić information content (AvgIpc) is 2.55. The van der Waals surface area contributed by atoms with Gasteiger partial charge in [0.15, 0.2) is 0 Å². The minimum absolute atomic E-state index is 0.697. The quantitative estimate of drug-likeness (QED) is 0.792. The van der Waals surface area contributed by atoms with Gasteiger partial charge in [-0.3, -0.25) is 9.88 Å². The summed E-state index contributed by atoms with van der Waals surface area (Å²) in [5, 5.41) is 1.09. The van der Waals surface area contributed by atoms with Crippen molar-refractivity contribution in [2.45, 2.75) is 38.3 Å². The number of alkyl halides is 1. The molecule has 3 heteroatoms. The molecule has 2 rings (SSSR count). The molecule has 1 saturated heterocycles. The van der Waals surface area contributed by atoms with Crippen LogP contribution < -0.4 is 0 Å². The molecule has 0 aromatic carbocycles. The van der Waals surface area contributed by atoms with E-state index in [9.17, 15) is 0 Å². The van der Waals surface area contributed by atoms with Crippen molar-refractivity contribution in [1.29, 1.82) is 0 Å². The Morgan fingerprint density at radius 2 is 2.31 bits per heavy atom. The summed E-state index contributed by atoms with van der Waals surface area (Å²) < 4.78 is 0. The Hall–Kier alpha value is -0.410. The summed E-state index contributed by atoms with van der Waals surface area (Å²) in [5.74, 6) is 0. The van der Waals surface area contributed by atoms with E-state index in [4.69, 9.17) is 0 Å². The van der Waals surface area contributed by atoms with E-state index in [2.05, 4.69) is 31.9 Å². The molecule has 0 spiro atoms. The number of halogens is 1. The zero-order valence-corrected chi connectivity index (χ0v) is 11.2. The summed E-state index contributed by atoms with van der Waals surface area (Å²) in [4.78, 5) is 6.78. The van der Waals surface area contributed by atoms with Gasteiger partial charge in [0.1, 0.15) is 0 Å². The van der Waals surface area contributed by atoms with Crippen LogP contribution in [0.4, 0.5) is 0 Å². The van der Waals surface area contributed by atoms with Crippen LogP contribution in [0.3, 0.4) is 0 Å². The minimum atomic E-state index is 0.697. The first-order chi connectivity index (χ1) is 7.90. The molecule has 1 aliphatic rings. The molecule has 16 heavy (non-hydrogen) atoms. The highest BCUT2D eigenvalue weighted by Crippen LogP contribution is 2.20. The summed E-state index contributed by atoms with van der Waals surface area (Å²) in [5.41, 5.74) is 1.33. The van der Waals surface area contributed by atoms with E-state index in [1.807, 2.05) is 18.5 Å². The van der Waals surface area contributed by atoms with Crippen LogP contribution in [0.15, 0.2) is 24.5 Å². The first-order valence-corrected chi connectivity index (χ1v) is 7.21. The van der Waals surface area contributed by atoms with Gasteiger partial charge < -0.3 is 0 Å². The Labute approximate surface area is 106 Å². The van der Waals surface area contributed by atoms with Gasteiger partial charge >= 0.3 is 0 Å². The third-order valence-electron chi connectivity index (χ3n) is 3.29. The molecule has 1 aliphatic heterocycles. The fourth-order valence-electron chi connectivity index (χ4n) is 2.35. The largest absolute Gasteiger partial charge is 0.295 e. The molecule has 0 aliphatic carbocycles. The molecule has 2 heterocycles. The summed E-state index contributed by atoms with van der Waals surface area (Å²) in [7, 11) is 0. The molecule has 0 radical (unpaired) electrons. The fourth-order valence-corrected chi connectivity index (χ4v) is 3.08. The summed E-state index contributed by atoms with van der Waals surface area (Å²) in [6.45, 7) is 2.27. The lowest BCUT2D eigenvalue weighted by Crippen LogP contribution is -2.35. The van der Waals surface area contributed by atoms with Gasteiger partial charge in [-0.15, -0.1) is 0 Å². The molecule has 1 atom stereocenters. The summed E-state index contributed by atoms with van der Waals surface area (Å²) >= 11 is 3.64. The number of pyridine rings is 1. The minimum Gasteiger partial charge on any atom is -0.295 e. The average molecular weight is 283 g/mol. The van der Waals surface area contributed by atoms with Crippen molar-refractivity contribution in [1.82, 2.24) is 9.88 Å². The van der Waals surface area contributed by atoms with Crippen molar-refractivity contribution in [3.8, 4) is 0 Å². The van der Waals surface area contributed by atoms with Crippen LogP contribution in [0, 0.1) is 0 Å². The van der Waals surface area contributed by atoms with Crippen molar-refractivity contribution in [2.75, 3.05) is 11.9 Å². The Morgan fingerprint density at radius 3 is 3.06 bits per heavy atom. The van der Waals surface area contributed by atoms with Gasteiger partial charge in [0, 0.05) is 30.3 Å². The van der Waals surface area contributed by atoms with E-state index in [1.165, 1.54) is 37.8 Å². The third kappa shape index (κ3) is 3.29. The van der Waals surface area contributed by atoms with Gasteiger partial charge in [-0.25, -0.2) is 0 Å². The predicted octanol–water partition coefficient (Wildman–Crippen LogP) is 3.22. The van der Waals surface area contributed by atoms with E-state index in [-0.39, 0.29) is 0 Å². The second-order valence-corrected chi connectivity index (χ2v) is 5.14. The van der Waals surface area contributed by atoms with Crippen molar-refractivity contribution < 1.29 is 0 Å². The van der Waals surface area contributed by atoms with Crippen LogP contribution in [-0.2, 0) is 6.54 Å². The summed E-state index contributed by atoms with van der Waals surface area (Å²) in [6, 6.07) is 4.89. The van der Waals surface area contributed by atoms with Crippen LogP contribution >= 0.6 is 15.9 Å². The second kappa shape index (κ2) is 6.36. The lowest BCUT2D eigenvalue weighted by molar-refractivity contribution is 0.209. The maximum atomic E-state index is 4.19. The zero-order chi connectivity index (χ0) is 11.2. The molecule has 1 aromatic rings. The number of nitrogens with zero attached hydrogens (tertiary/aromatic N) is 2. The van der Waals surface area contributed by atoms with E-state index in [1.54, 1.807) is 0 Å². The highest BCUT2D eigenvalue weighted by atomic mass is 79.9. The van der Waals surface area contributed by atoms with Crippen molar-refractivity contribution >= 4 is 15.9 Å². The monoisotopic (exact) mass is 282 g/mol. The van der Waals surface area contributed by atoms with Crippen molar-refractivity contribution in [3.05, 3.63) is 30.1 Å². The van der Waals surface area contributed by atoms with Gasteiger partial charge in [0.25, 0.3) is 0 Å². The van der Waals surface area contributed by atoms with Crippen LogP contribution in [0.1, 0.15) is 31.2 Å². The van der Waals surface area contributed by atoms with Crippen LogP contribution in [0.5, 0.6) is 0 Å². The SMILES string of the molecule is BrCC1CCCCCN1Cc1cccnc1. The molecule has 2 nitrogen and oxygen atoms in total. The molecule has 0 amide bonds.